The maximum atomic E-state index is 12.3. The molecule has 2 aliphatic rings. The van der Waals surface area contributed by atoms with Crippen LogP contribution >= 0.6 is 0 Å². The van der Waals surface area contributed by atoms with Gasteiger partial charge in [-0.25, -0.2) is 0 Å². The predicted molar refractivity (Wildman–Crippen MR) is 105 cm³/mol. The van der Waals surface area contributed by atoms with E-state index in [1.165, 1.54) is 21.3 Å². The summed E-state index contributed by atoms with van der Waals surface area (Å²) in [6, 6.07) is 6.91. The van der Waals surface area contributed by atoms with Crippen molar-refractivity contribution < 1.29 is 38.7 Å². The Labute approximate surface area is 173 Å². The molecule has 0 fully saturated rings. The van der Waals surface area contributed by atoms with Crippen LogP contribution in [-0.2, 0) is 9.53 Å². The number of aliphatic hydroxyl groups excluding tert-OH is 1. The fourth-order valence-corrected chi connectivity index (χ4v) is 4.46. The van der Waals surface area contributed by atoms with Gasteiger partial charge in [-0.1, -0.05) is 0 Å². The Morgan fingerprint density at radius 1 is 1.03 bits per heavy atom. The summed E-state index contributed by atoms with van der Waals surface area (Å²) in [7, 11) is 4.42. The van der Waals surface area contributed by atoms with Gasteiger partial charge in [0.2, 0.25) is 12.5 Å². The first kappa shape index (κ1) is 20.3. The van der Waals surface area contributed by atoms with Gasteiger partial charge in [-0.2, -0.15) is 0 Å². The zero-order valence-corrected chi connectivity index (χ0v) is 17.0. The number of carbonyl (C=O) groups excluding carboxylic acids is 1. The summed E-state index contributed by atoms with van der Waals surface area (Å²) in [5.41, 5.74) is 2.09. The zero-order chi connectivity index (χ0) is 21.4. The van der Waals surface area contributed by atoms with Crippen molar-refractivity contribution in [1.82, 2.24) is 0 Å². The van der Waals surface area contributed by atoms with Crippen LogP contribution in [0.3, 0.4) is 0 Å². The van der Waals surface area contributed by atoms with E-state index in [0.29, 0.717) is 22.6 Å². The molecular formula is C22H24O8. The molecule has 1 aliphatic heterocycles. The largest absolute Gasteiger partial charge is 0.502 e. The standard InChI is InChI=1S/C22H24O8/c1-26-9-15-14(8-23)20(11-4-18(27-2)22(25)19(5-11)28-3)12-6-16-17(30-10-29-16)7-13(12)21(15)24/h4-8,14-15,20-21,24-25H,9-10H2,1-3H3/t14-,15-,20+,21-/m0/s1. The Kier molecular flexibility index (Phi) is 5.44. The number of carbonyl (C=O) groups is 1. The number of aromatic hydroxyl groups is 1. The van der Waals surface area contributed by atoms with Crippen molar-refractivity contribution >= 4 is 6.29 Å². The van der Waals surface area contributed by atoms with Crippen molar-refractivity contribution in [3.05, 3.63) is 41.0 Å². The SMILES string of the molecule is COC[C@H]1[C@H](C=O)[C@H](c2cc(OC)c(O)c(OC)c2)c2cc3c(cc2[C@@H]1O)OCO3. The second-order valence-corrected chi connectivity index (χ2v) is 7.36. The third-order valence-corrected chi connectivity index (χ3v) is 5.89. The van der Waals surface area contributed by atoms with E-state index in [9.17, 15) is 15.0 Å². The molecule has 0 bridgehead atoms. The number of hydrogen-bond donors (Lipinski definition) is 2. The van der Waals surface area contributed by atoms with E-state index in [-0.39, 0.29) is 30.6 Å². The lowest BCUT2D eigenvalue weighted by atomic mass is 9.65. The van der Waals surface area contributed by atoms with Crippen LogP contribution in [0.25, 0.3) is 0 Å². The molecule has 4 rings (SSSR count). The molecule has 2 N–H and O–H groups in total. The van der Waals surface area contributed by atoms with Crippen molar-refractivity contribution in [3.63, 3.8) is 0 Å². The molecule has 0 amide bonds. The minimum atomic E-state index is -0.915. The molecular weight excluding hydrogens is 392 g/mol. The summed E-state index contributed by atoms with van der Waals surface area (Å²) < 4.78 is 27.0. The van der Waals surface area contributed by atoms with Gasteiger partial charge in [-0.3, -0.25) is 0 Å². The van der Waals surface area contributed by atoms with E-state index in [1.807, 2.05) is 0 Å². The first-order chi connectivity index (χ1) is 14.5. The Morgan fingerprint density at radius 3 is 2.17 bits per heavy atom. The van der Waals surface area contributed by atoms with E-state index >= 15 is 0 Å². The van der Waals surface area contributed by atoms with Crippen LogP contribution in [0.5, 0.6) is 28.7 Å². The zero-order valence-electron chi connectivity index (χ0n) is 17.0. The molecule has 30 heavy (non-hydrogen) atoms. The van der Waals surface area contributed by atoms with Crippen molar-refractivity contribution in [2.75, 3.05) is 34.7 Å². The van der Waals surface area contributed by atoms with Gasteiger partial charge in [0.1, 0.15) is 6.29 Å². The summed E-state index contributed by atoms with van der Waals surface area (Å²) >= 11 is 0. The van der Waals surface area contributed by atoms with Crippen molar-refractivity contribution in [2.24, 2.45) is 11.8 Å². The van der Waals surface area contributed by atoms with Gasteiger partial charge in [-0.05, 0) is 41.0 Å². The third-order valence-electron chi connectivity index (χ3n) is 5.89. The summed E-state index contributed by atoms with van der Waals surface area (Å²) in [6.07, 6.45) is -0.0708. The van der Waals surface area contributed by atoms with Gasteiger partial charge >= 0.3 is 0 Å². The molecule has 8 heteroatoms. The topological polar surface area (TPSA) is 104 Å². The predicted octanol–water partition coefficient (Wildman–Crippen LogP) is 2.39. The van der Waals surface area contributed by atoms with Crippen LogP contribution in [0.15, 0.2) is 24.3 Å². The van der Waals surface area contributed by atoms with Crippen LogP contribution < -0.4 is 18.9 Å². The van der Waals surface area contributed by atoms with Crippen molar-refractivity contribution in [2.45, 2.75) is 12.0 Å². The second kappa shape index (κ2) is 8.04. The maximum absolute atomic E-state index is 12.3. The smallest absolute Gasteiger partial charge is 0.231 e. The van der Waals surface area contributed by atoms with Crippen LogP contribution in [0.1, 0.15) is 28.7 Å². The molecule has 1 aliphatic carbocycles. The monoisotopic (exact) mass is 416 g/mol. The Balaban J connectivity index is 1.95. The Morgan fingerprint density at radius 2 is 1.63 bits per heavy atom. The normalized spacial score (nSPS) is 24.3. The number of aldehydes is 1. The number of aliphatic hydroxyl groups is 1. The summed E-state index contributed by atoms with van der Waals surface area (Å²) in [5, 5.41) is 21.4. The van der Waals surface area contributed by atoms with Crippen molar-refractivity contribution in [1.29, 1.82) is 0 Å². The molecule has 0 spiro atoms. The molecule has 0 saturated carbocycles. The Bertz CT molecular complexity index is 931. The molecule has 2 aromatic carbocycles. The number of benzene rings is 2. The highest BCUT2D eigenvalue weighted by molar-refractivity contribution is 5.65. The lowest BCUT2D eigenvalue weighted by Crippen LogP contribution is -2.37. The number of fused-ring (bicyclic) bond motifs is 2. The van der Waals surface area contributed by atoms with E-state index in [2.05, 4.69) is 0 Å². The summed E-state index contributed by atoms with van der Waals surface area (Å²) in [6.45, 7) is 0.291. The van der Waals surface area contributed by atoms with Gasteiger partial charge in [0.05, 0.1) is 26.9 Å². The fourth-order valence-electron chi connectivity index (χ4n) is 4.46. The quantitative estimate of drug-likeness (QED) is 0.692. The average molecular weight is 416 g/mol. The second-order valence-electron chi connectivity index (χ2n) is 7.36. The van der Waals surface area contributed by atoms with Crippen LogP contribution in [-0.4, -0.2) is 51.2 Å². The van der Waals surface area contributed by atoms with Crippen LogP contribution in [0.4, 0.5) is 0 Å². The maximum Gasteiger partial charge on any atom is 0.231 e. The molecule has 0 saturated heterocycles. The van der Waals surface area contributed by atoms with Gasteiger partial charge in [-0.15, -0.1) is 0 Å². The van der Waals surface area contributed by atoms with E-state index in [4.69, 9.17) is 23.7 Å². The minimum absolute atomic E-state index is 0.0957. The summed E-state index contributed by atoms with van der Waals surface area (Å²) in [5.74, 6) is -0.0773. The molecule has 2 aromatic rings. The molecule has 4 atom stereocenters. The number of ether oxygens (including phenoxy) is 5. The molecule has 8 nitrogen and oxygen atoms in total. The molecule has 1 heterocycles. The number of hydrogen-bond acceptors (Lipinski definition) is 8. The lowest BCUT2D eigenvalue weighted by molar-refractivity contribution is -0.117. The highest BCUT2D eigenvalue weighted by Crippen LogP contribution is 2.53. The van der Waals surface area contributed by atoms with Gasteiger partial charge in [0.15, 0.2) is 23.0 Å². The van der Waals surface area contributed by atoms with Crippen molar-refractivity contribution in [3.8, 4) is 28.7 Å². The molecule has 160 valence electrons. The average Bonchev–Trinajstić information content (AvgIpc) is 3.22. The molecule has 0 unspecified atom stereocenters. The first-order valence-electron chi connectivity index (χ1n) is 9.54. The van der Waals surface area contributed by atoms with Gasteiger partial charge < -0.3 is 38.7 Å². The minimum Gasteiger partial charge on any atom is -0.502 e. The Hall–Kier alpha value is -2.97. The number of methoxy groups -OCH3 is 3. The molecule has 0 aromatic heterocycles. The van der Waals surface area contributed by atoms with Gasteiger partial charge in [0, 0.05) is 24.9 Å². The highest BCUT2D eigenvalue weighted by atomic mass is 16.7. The molecule has 0 radical (unpaired) electrons. The summed E-state index contributed by atoms with van der Waals surface area (Å²) in [4.78, 5) is 12.3. The van der Waals surface area contributed by atoms with E-state index in [0.717, 1.165) is 11.8 Å². The number of phenolic OH excluding ortho intramolecular Hbond substituents is 1. The number of rotatable bonds is 6. The van der Waals surface area contributed by atoms with Crippen LogP contribution in [0.2, 0.25) is 0 Å². The fraction of sp³-hybridized carbons (Fsp3) is 0.409. The van der Waals surface area contributed by atoms with E-state index < -0.39 is 23.9 Å². The first-order valence-corrected chi connectivity index (χ1v) is 9.54. The lowest BCUT2D eigenvalue weighted by Gasteiger charge is -2.40. The third kappa shape index (κ3) is 3.12. The van der Waals surface area contributed by atoms with Crippen LogP contribution in [0, 0.1) is 11.8 Å². The highest BCUT2D eigenvalue weighted by Gasteiger charge is 2.44. The number of phenols is 1. The van der Waals surface area contributed by atoms with E-state index in [1.54, 1.807) is 24.3 Å². The van der Waals surface area contributed by atoms with Gasteiger partial charge in [0.25, 0.3) is 0 Å².